The summed E-state index contributed by atoms with van der Waals surface area (Å²) < 4.78 is 31.2. The molecule has 440 valence electrons. The Balaban J connectivity index is 1.64. The number of ether oxygens (including phenoxy) is 5. The van der Waals surface area contributed by atoms with Gasteiger partial charge < -0.3 is 23.7 Å². The van der Waals surface area contributed by atoms with Crippen LogP contribution in [-0.4, -0.2) is 31.8 Å². The van der Waals surface area contributed by atoms with Gasteiger partial charge in [0.1, 0.15) is 11.5 Å². The van der Waals surface area contributed by atoms with Gasteiger partial charge in [0.25, 0.3) is 0 Å². The van der Waals surface area contributed by atoms with Gasteiger partial charge in [-0.3, -0.25) is 0 Å². The summed E-state index contributed by atoms with van der Waals surface area (Å²) >= 11 is 0. The summed E-state index contributed by atoms with van der Waals surface area (Å²) in [5.41, 5.74) is 2.59. The first-order chi connectivity index (χ1) is 38.4. The van der Waals surface area contributed by atoms with Gasteiger partial charge in [-0.15, -0.1) is 0 Å². The molecule has 0 fully saturated rings. The predicted molar refractivity (Wildman–Crippen MR) is 331 cm³/mol. The number of unbranched alkanes of at least 4 members (excludes halogenated alkanes) is 39. The number of hydrogen-bond acceptors (Lipinski definition) is 7. The van der Waals surface area contributed by atoms with Crippen LogP contribution in [0, 0.1) is 0 Å². The van der Waals surface area contributed by atoms with E-state index < -0.39 is 11.9 Å². The maximum Gasteiger partial charge on any atom is 0.343 e. The van der Waals surface area contributed by atoms with E-state index in [1.54, 1.807) is 43.3 Å². The lowest BCUT2D eigenvalue weighted by Crippen LogP contribution is -2.12. The van der Waals surface area contributed by atoms with Crippen molar-refractivity contribution in [3.05, 3.63) is 78.4 Å². The van der Waals surface area contributed by atoms with E-state index in [9.17, 15) is 9.59 Å². The van der Waals surface area contributed by atoms with Crippen LogP contribution in [0.4, 0.5) is 0 Å². The normalized spacial score (nSPS) is 11.2. The van der Waals surface area contributed by atoms with Crippen molar-refractivity contribution in [3.8, 4) is 39.9 Å². The Morgan fingerprint density at radius 3 is 0.885 bits per heavy atom. The van der Waals surface area contributed by atoms with Crippen molar-refractivity contribution in [1.82, 2.24) is 0 Å². The van der Waals surface area contributed by atoms with Gasteiger partial charge in [-0.2, -0.15) is 0 Å². The van der Waals surface area contributed by atoms with E-state index in [1.807, 2.05) is 24.3 Å². The second-order valence-corrected chi connectivity index (χ2v) is 22.7. The highest BCUT2D eigenvalue weighted by molar-refractivity contribution is 5.93. The maximum absolute atomic E-state index is 14.1. The number of carbonyl (C=O) groups excluding carboxylic acids is 2. The Hall–Kier alpha value is -4.26. The summed E-state index contributed by atoms with van der Waals surface area (Å²) in [5, 5.41) is 0. The molecule has 3 aromatic rings. The Morgan fingerprint density at radius 1 is 0.346 bits per heavy atom. The average molecular weight is 1080 g/mol. The van der Waals surface area contributed by atoms with Gasteiger partial charge in [0.15, 0.2) is 11.5 Å². The van der Waals surface area contributed by atoms with E-state index in [2.05, 4.69) is 27.4 Å². The predicted octanol–water partition coefficient (Wildman–Crippen LogP) is 22.6. The SMILES string of the molecule is C=C(C)C(=O)Oc1ccc(-c2ccc(OC(=O)c3cc(OCCCCCCCCCCCCCCCC)c(OCCCCCCCCCCCCCCCC)c(OCCCCCCCCCCCCCCCC)c3)cc2)cc1. The standard InChI is InChI=1S/C71H114O7/c1-6-9-12-15-18-21-24-27-30-33-36-39-42-45-56-74-67-59-64(71(73)78-66-54-50-63(51-55-66)62-48-52-65(53-49-62)77-70(72)61(4)5)60-68(75-57-46-43-40-37-34-31-28-25-22-19-16-13-10-7-2)69(67)76-58-47-44-41-38-35-32-29-26-23-20-17-14-11-8-3/h48-55,59-60H,4,6-47,56-58H2,1-3,5H3. The molecule has 0 saturated heterocycles. The van der Waals surface area contributed by atoms with Crippen molar-refractivity contribution in [3.63, 3.8) is 0 Å². The lowest BCUT2D eigenvalue weighted by atomic mass is 10.0. The number of rotatable bonds is 53. The summed E-state index contributed by atoms with van der Waals surface area (Å²) in [7, 11) is 0. The summed E-state index contributed by atoms with van der Waals surface area (Å²) in [6.45, 7) is 13.8. The molecular formula is C71H114O7. The van der Waals surface area contributed by atoms with E-state index in [-0.39, 0.29) is 0 Å². The first kappa shape index (κ1) is 68.0. The van der Waals surface area contributed by atoms with Gasteiger partial charge in [-0.05, 0) is 73.7 Å². The fourth-order valence-corrected chi connectivity index (χ4v) is 10.3. The third-order valence-electron chi connectivity index (χ3n) is 15.3. The van der Waals surface area contributed by atoms with Gasteiger partial charge in [-0.25, -0.2) is 9.59 Å². The highest BCUT2D eigenvalue weighted by atomic mass is 16.5. The molecule has 0 radical (unpaired) electrons. The van der Waals surface area contributed by atoms with Gasteiger partial charge in [0.2, 0.25) is 5.75 Å². The van der Waals surface area contributed by atoms with Gasteiger partial charge in [0, 0.05) is 5.57 Å². The van der Waals surface area contributed by atoms with Crippen LogP contribution in [0.25, 0.3) is 11.1 Å². The molecule has 0 heterocycles. The van der Waals surface area contributed by atoms with Crippen LogP contribution in [0.3, 0.4) is 0 Å². The number of hydrogen-bond donors (Lipinski definition) is 0. The van der Waals surface area contributed by atoms with Crippen molar-refractivity contribution in [2.45, 2.75) is 297 Å². The first-order valence-electron chi connectivity index (χ1n) is 32.7. The quantitative estimate of drug-likeness (QED) is 0.0241. The van der Waals surface area contributed by atoms with Gasteiger partial charge in [-0.1, -0.05) is 302 Å². The molecule has 3 aromatic carbocycles. The van der Waals surface area contributed by atoms with E-state index in [1.165, 1.54) is 231 Å². The molecule has 0 N–H and O–H groups in total. The van der Waals surface area contributed by atoms with Crippen LogP contribution < -0.4 is 23.7 Å². The van der Waals surface area contributed by atoms with Crippen molar-refractivity contribution < 1.29 is 33.3 Å². The molecule has 3 rings (SSSR count). The molecule has 7 heteroatoms. The minimum absolute atomic E-state index is 0.344. The smallest absolute Gasteiger partial charge is 0.343 e. The minimum atomic E-state index is -0.479. The zero-order valence-electron chi connectivity index (χ0n) is 50.7. The molecule has 0 bridgehead atoms. The van der Waals surface area contributed by atoms with Gasteiger partial charge in [0.05, 0.1) is 25.4 Å². The van der Waals surface area contributed by atoms with E-state index in [4.69, 9.17) is 23.7 Å². The molecule has 0 atom stereocenters. The zero-order chi connectivity index (χ0) is 55.8. The fourth-order valence-electron chi connectivity index (χ4n) is 10.3. The lowest BCUT2D eigenvalue weighted by molar-refractivity contribution is -0.130. The van der Waals surface area contributed by atoms with Crippen molar-refractivity contribution in [2.24, 2.45) is 0 Å². The van der Waals surface area contributed by atoms with E-state index in [0.717, 1.165) is 49.7 Å². The molecule has 0 aliphatic heterocycles. The molecular weight excluding hydrogens is 965 g/mol. The van der Waals surface area contributed by atoms with E-state index in [0.29, 0.717) is 59.7 Å². The molecule has 0 aliphatic carbocycles. The molecule has 78 heavy (non-hydrogen) atoms. The van der Waals surface area contributed by atoms with Crippen LogP contribution in [0.2, 0.25) is 0 Å². The number of benzene rings is 3. The average Bonchev–Trinajstić information content (AvgIpc) is 3.47. The third kappa shape index (κ3) is 34.0. The Labute approximate surface area is 478 Å². The van der Waals surface area contributed by atoms with Crippen LogP contribution in [0.5, 0.6) is 28.7 Å². The summed E-state index contributed by atoms with van der Waals surface area (Å²) in [6, 6.07) is 18.3. The first-order valence-corrected chi connectivity index (χ1v) is 32.7. The zero-order valence-corrected chi connectivity index (χ0v) is 50.7. The highest BCUT2D eigenvalue weighted by Gasteiger charge is 2.21. The second-order valence-electron chi connectivity index (χ2n) is 22.7. The molecule has 0 aromatic heterocycles. The number of esters is 2. The lowest BCUT2D eigenvalue weighted by Gasteiger charge is -2.19. The van der Waals surface area contributed by atoms with E-state index >= 15 is 0 Å². The number of carbonyl (C=O) groups is 2. The molecule has 0 amide bonds. The summed E-state index contributed by atoms with van der Waals surface area (Å²) in [5.74, 6) is 1.65. The Kier molecular flexibility index (Phi) is 41.5. The summed E-state index contributed by atoms with van der Waals surface area (Å²) in [4.78, 5) is 26.1. The molecule has 0 spiro atoms. The van der Waals surface area contributed by atoms with Crippen LogP contribution in [-0.2, 0) is 4.79 Å². The topological polar surface area (TPSA) is 80.3 Å². The highest BCUT2D eigenvalue weighted by Crippen LogP contribution is 2.40. The van der Waals surface area contributed by atoms with Crippen molar-refractivity contribution >= 4 is 11.9 Å². The Morgan fingerprint density at radius 2 is 0.603 bits per heavy atom. The molecule has 0 aliphatic rings. The van der Waals surface area contributed by atoms with Crippen molar-refractivity contribution in [2.75, 3.05) is 19.8 Å². The van der Waals surface area contributed by atoms with Crippen LogP contribution >= 0.6 is 0 Å². The second kappa shape index (κ2) is 47.5. The fraction of sp³-hybridized carbons (Fsp3) is 0.690. The van der Waals surface area contributed by atoms with Gasteiger partial charge >= 0.3 is 11.9 Å². The third-order valence-corrected chi connectivity index (χ3v) is 15.3. The largest absolute Gasteiger partial charge is 0.490 e. The van der Waals surface area contributed by atoms with Crippen LogP contribution in [0.15, 0.2) is 72.8 Å². The monoisotopic (exact) mass is 1080 g/mol. The van der Waals surface area contributed by atoms with Crippen LogP contribution in [0.1, 0.15) is 308 Å². The summed E-state index contributed by atoms with van der Waals surface area (Å²) in [6.07, 6.45) is 54.7. The minimum Gasteiger partial charge on any atom is -0.490 e. The maximum atomic E-state index is 14.1. The molecule has 7 nitrogen and oxygen atoms in total. The van der Waals surface area contributed by atoms with Crippen molar-refractivity contribution in [1.29, 1.82) is 0 Å². The Bertz CT molecular complexity index is 1860. The molecule has 0 unspecified atom stereocenters. The molecule has 0 saturated carbocycles.